The van der Waals surface area contributed by atoms with Gasteiger partial charge in [-0.05, 0) is 114 Å². The smallest absolute Gasteiger partial charge is 0.386 e. The van der Waals surface area contributed by atoms with Gasteiger partial charge in [0, 0.05) is 73.2 Å². The third-order valence-corrected chi connectivity index (χ3v) is 12.0. The normalized spacial score (nSPS) is 19.7. The summed E-state index contributed by atoms with van der Waals surface area (Å²) in [7, 11) is 2.17. The number of halogens is 4. The van der Waals surface area contributed by atoms with Crippen LogP contribution in [0.4, 0.5) is 29.3 Å². The number of aliphatic hydroxyl groups is 1. The number of rotatable bonds is 10. The van der Waals surface area contributed by atoms with Gasteiger partial charge in [0.25, 0.3) is 11.8 Å². The Kier molecular flexibility index (Phi) is 12.1. The van der Waals surface area contributed by atoms with Gasteiger partial charge in [0.05, 0.1) is 27.9 Å². The minimum absolute atomic E-state index is 0.0603. The van der Waals surface area contributed by atoms with E-state index in [0.29, 0.717) is 70.9 Å². The second-order valence-electron chi connectivity index (χ2n) is 16.7. The third kappa shape index (κ3) is 9.74. The number of likely N-dealkylation sites (tertiary alicyclic amines) is 1. The molecule has 59 heavy (non-hydrogen) atoms. The molecule has 314 valence electrons. The van der Waals surface area contributed by atoms with Gasteiger partial charge >= 0.3 is 12.2 Å². The standard InChI is InChI=1S/C43H50ClF3N8O4/c1-26-14-19-54(41(58)48-26)37-21-29(10-13-33(37)44)40(57)53-17-15-28(16-18-53)24-52(4)23-27-8-11-31(12-9-27)55-25-30-20-36(32(42(2,3)59)22-35(30)51-55)50-39(56)34-6-5-7-38(49-34)43(45,46)47/h5-7,10,13,20-22,25,27-28,31,59H,1,8-9,11-12,14-19,23-24H2,2-4H3,(H,48,58)(H,50,56). The van der Waals surface area contributed by atoms with Crippen LogP contribution < -0.4 is 15.5 Å². The summed E-state index contributed by atoms with van der Waals surface area (Å²) in [4.78, 5) is 48.5. The van der Waals surface area contributed by atoms with Crippen molar-refractivity contribution < 1.29 is 32.7 Å². The van der Waals surface area contributed by atoms with Gasteiger partial charge in [0.1, 0.15) is 11.4 Å². The SMILES string of the molecule is C=C1CCN(c2cc(C(=O)N3CCC(CN(C)CC4CCC(n5cc6cc(NC(=O)c7cccc(C(F)(F)F)n7)c(C(C)(C)O)cc6n5)CC4)CC3)ccc2Cl)C(=O)N1. The summed E-state index contributed by atoms with van der Waals surface area (Å²) in [6, 6.07) is 11.5. The molecule has 2 aliphatic heterocycles. The molecular weight excluding hydrogens is 785 g/mol. The molecule has 0 unspecified atom stereocenters. The molecule has 3 aliphatic rings. The number of pyridine rings is 1. The molecule has 4 amide bonds. The summed E-state index contributed by atoms with van der Waals surface area (Å²) in [5, 5.41) is 22.4. The van der Waals surface area contributed by atoms with Crippen LogP contribution in [-0.4, -0.2) is 87.3 Å². The van der Waals surface area contributed by atoms with Crippen LogP contribution in [0.15, 0.2) is 67.0 Å². The van der Waals surface area contributed by atoms with Crippen LogP contribution in [0.25, 0.3) is 10.9 Å². The van der Waals surface area contributed by atoms with Crippen LogP contribution >= 0.6 is 11.6 Å². The number of nitrogens with zero attached hydrogens (tertiary/aromatic N) is 6. The Balaban J connectivity index is 0.905. The molecule has 3 fully saturated rings. The highest BCUT2D eigenvalue weighted by Crippen LogP contribution is 2.37. The Hall–Kier alpha value is -4.99. The fourth-order valence-electron chi connectivity index (χ4n) is 8.55. The highest BCUT2D eigenvalue weighted by Gasteiger charge is 2.34. The highest BCUT2D eigenvalue weighted by molar-refractivity contribution is 6.34. The van der Waals surface area contributed by atoms with Crippen LogP contribution in [0.5, 0.6) is 0 Å². The van der Waals surface area contributed by atoms with Crippen molar-refractivity contribution in [2.75, 3.05) is 50.0 Å². The van der Waals surface area contributed by atoms with E-state index < -0.39 is 23.4 Å². The first-order chi connectivity index (χ1) is 27.9. The van der Waals surface area contributed by atoms with Gasteiger partial charge in [0.2, 0.25) is 0 Å². The Morgan fingerprint density at radius 3 is 2.36 bits per heavy atom. The molecule has 16 heteroatoms. The van der Waals surface area contributed by atoms with Gasteiger partial charge in [-0.3, -0.25) is 19.2 Å². The fourth-order valence-corrected chi connectivity index (χ4v) is 8.77. The minimum Gasteiger partial charge on any atom is -0.386 e. The molecule has 0 bridgehead atoms. The lowest BCUT2D eigenvalue weighted by molar-refractivity contribution is -0.141. The topological polar surface area (TPSA) is 136 Å². The number of nitrogens with one attached hydrogen (secondary N) is 2. The predicted molar refractivity (Wildman–Crippen MR) is 220 cm³/mol. The number of carbonyl (C=O) groups excluding carboxylic acids is 3. The fraction of sp³-hybridized carbons (Fsp3) is 0.465. The Bertz CT molecular complexity index is 2240. The van der Waals surface area contributed by atoms with Gasteiger partial charge < -0.3 is 25.5 Å². The molecule has 0 atom stereocenters. The lowest BCUT2D eigenvalue weighted by atomic mass is 9.85. The van der Waals surface area contributed by atoms with Crippen molar-refractivity contribution in [3.8, 4) is 0 Å². The summed E-state index contributed by atoms with van der Waals surface area (Å²) >= 11 is 6.45. The van der Waals surface area contributed by atoms with Crippen molar-refractivity contribution in [1.82, 2.24) is 29.9 Å². The van der Waals surface area contributed by atoms with Crippen LogP contribution in [0.1, 0.15) is 96.9 Å². The summed E-state index contributed by atoms with van der Waals surface area (Å²) in [5.74, 6) is 0.136. The van der Waals surface area contributed by atoms with E-state index in [1.807, 2.05) is 15.8 Å². The van der Waals surface area contributed by atoms with E-state index in [1.165, 1.54) is 6.07 Å². The molecule has 1 saturated carbocycles. The van der Waals surface area contributed by atoms with Gasteiger partial charge in [-0.1, -0.05) is 24.2 Å². The van der Waals surface area contributed by atoms with E-state index in [1.54, 1.807) is 49.1 Å². The van der Waals surface area contributed by atoms with E-state index in [4.69, 9.17) is 16.7 Å². The Morgan fingerprint density at radius 2 is 1.69 bits per heavy atom. The first kappa shape index (κ1) is 42.1. The average Bonchev–Trinajstić information content (AvgIpc) is 3.61. The van der Waals surface area contributed by atoms with Gasteiger partial charge in [0.15, 0.2) is 0 Å². The minimum atomic E-state index is -4.69. The van der Waals surface area contributed by atoms with Crippen molar-refractivity contribution in [3.05, 3.63) is 94.5 Å². The molecule has 12 nitrogen and oxygen atoms in total. The lowest BCUT2D eigenvalue weighted by Crippen LogP contribution is -2.45. The second kappa shape index (κ2) is 16.9. The number of aromatic nitrogens is 3. The quantitative estimate of drug-likeness (QED) is 0.147. The number of anilines is 2. The van der Waals surface area contributed by atoms with Crippen LogP contribution in [0.2, 0.25) is 5.02 Å². The zero-order chi connectivity index (χ0) is 42.2. The first-order valence-corrected chi connectivity index (χ1v) is 20.5. The zero-order valence-electron chi connectivity index (χ0n) is 33.5. The summed E-state index contributed by atoms with van der Waals surface area (Å²) < 4.78 is 41.7. The number of alkyl halides is 3. The molecule has 0 spiro atoms. The summed E-state index contributed by atoms with van der Waals surface area (Å²) in [6.07, 6.45) is 3.62. The molecule has 0 radical (unpaired) electrons. The van der Waals surface area contributed by atoms with Crippen LogP contribution in [-0.2, 0) is 11.8 Å². The maximum Gasteiger partial charge on any atom is 0.433 e. The van der Waals surface area contributed by atoms with Gasteiger partial charge in [-0.15, -0.1) is 0 Å². The molecule has 7 rings (SSSR count). The lowest BCUT2D eigenvalue weighted by Gasteiger charge is -2.36. The average molecular weight is 835 g/mol. The largest absolute Gasteiger partial charge is 0.433 e. The maximum absolute atomic E-state index is 13.5. The van der Waals surface area contributed by atoms with Gasteiger partial charge in [-0.25, -0.2) is 9.78 Å². The number of hydrogen-bond acceptors (Lipinski definition) is 7. The van der Waals surface area contributed by atoms with E-state index in [-0.39, 0.29) is 29.4 Å². The van der Waals surface area contributed by atoms with Crippen LogP contribution in [0, 0.1) is 11.8 Å². The van der Waals surface area contributed by atoms with Crippen molar-refractivity contribution in [1.29, 1.82) is 0 Å². The Labute approximate surface area is 346 Å². The molecule has 1 aliphatic carbocycles. The maximum atomic E-state index is 13.5. The molecule has 2 aromatic carbocycles. The van der Waals surface area contributed by atoms with Gasteiger partial charge in [-0.2, -0.15) is 18.3 Å². The highest BCUT2D eigenvalue weighted by atomic mass is 35.5. The molecular formula is C43H50ClF3N8O4. The number of amides is 4. The number of benzene rings is 2. The first-order valence-electron chi connectivity index (χ1n) is 20.1. The molecule has 4 heterocycles. The molecule has 2 saturated heterocycles. The van der Waals surface area contributed by atoms with Crippen molar-refractivity contribution >= 4 is 51.7 Å². The summed E-state index contributed by atoms with van der Waals surface area (Å²) in [5.41, 5.74) is 0.0453. The van der Waals surface area contributed by atoms with Crippen molar-refractivity contribution in [2.45, 2.75) is 76.6 Å². The summed E-state index contributed by atoms with van der Waals surface area (Å²) in [6.45, 7) is 10.7. The molecule has 3 N–H and O–H groups in total. The molecule has 2 aromatic heterocycles. The van der Waals surface area contributed by atoms with E-state index in [2.05, 4.69) is 34.1 Å². The van der Waals surface area contributed by atoms with Crippen molar-refractivity contribution in [3.63, 3.8) is 0 Å². The monoisotopic (exact) mass is 834 g/mol. The number of fused-ring (bicyclic) bond motifs is 1. The number of carbonyl (C=O) groups is 3. The molecule has 4 aromatic rings. The number of urea groups is 1. The number of piperidine rings is 1. The van der Waals surface area contributed by atoms with Crippen molar-refractivity contribution in [2.24, 2.45) is 11.8 Å². The van der Waals surface area contributed by atoms with E-state index in [0.717, 1.165) is 69.1 Å². The second-order valence-corrected chi connectivity index (χ2v) is 17.1. The zero-order valence-corrected chi connectivity index (χ0v) is 34.2. The Morgan fingerprint density at radius 1 is 1.00 bits per heavy atom. The third-order valence-electron chi connectivity index (χ3n) is 11.7. The predicted octanol–water partition coefficient (Wildman–Crippen LogP) is 8.23. The van der Waals surface area contributed by atoms with E-state index in [9.17, 15) is 32.7 Å². The van der Waals surface area contributed by atoms with E-state index >= 15 is 0 Å². The number of hydrogen-bond donors (Lipinski definition) is 3. The van der Waals surface area contributed by atoms with Crippen LogP contribution in [0.3, 0.4) is 0 Å².